The summed E-state index contributed by atoms with van der Waals surface area (Å²) in [6, 6.07) is 8.59. The number of rotatable bonds is 4. The molecule has 0 bridgehead atoms. The van der Waals surface area contributed by atoms with Crippen LogP contribution in [0.4, 0.5) is 4.39 Å². The third kappa shape index (κ3) is 3.33. The highest BCUT2D eigenvalue weighted by Crippen LogP contribution is 2.39. The van der Waals surface area contributed by atoms with Crippen molar-refractivity contribution in [2.45, 2.75) is 11.8 Å². The van der Waals surface area contributed by atoms with Crippen molar-refractivity contribution < 1.29 is 13.9 Å². The topological polar surface area (TPSA) is 18.5 Å². The Hall–Kier alpha value is -1.26. The minimum atomic E-state index is -0.369. The van der Waals surface area contributed by atoms with E-state index in [1.807, 2.05) is 25.1 Å². The van der Waals surface area contributed by atoms with E-state index in [0.29, 0.717) is 22.1 Å². The number of benzene rings is 2. The van der Waals surface area contributed by atoms with E-state index >= 15 is 0 Å². The predicted octanol–water partition coefficient (Wildman–Crippen LogP) is 5.29. The fraction of sp³-hybridized carbons (Fsp3) is 0.250. The van der Waals surface area contributed by atoms with Gasteiger partial charge in [0.05, 0.1) is 19.0 Å². The molecule has 5 heteroatoms. The number of halogens is 3. The molecule has 1 unspecified atom stereocenters. The summed E-state index contributed by atoms with van der Waals surface area (Å²) in [6.07, 6.45) is 0. The van der Waals surface area contributed by atoms with Crippen LogP contribution in [0.2, 0.25) is 5.02 Å². The first-order chi connectivity index (χ1) is 9.97. The second-order valence-corrected chi connectivity index (χ2v) is 5.92. The van der Waals surface area contributed by atoms with Gasteiger partial charge >= 0.3 is 0 Å². The molecule has 0 spiro atoms. The molecule has 112 valence electrons. The van der Waals surface area contributed by atoms with Crippen LogP contribution in [0.25, 0.3) is 0 Å². The van der Waals surface area contributed by atoms with E-state index in [-0.39, 0.29) is 10.6 Å². The van der Waals surface area contributed by atoms with E-state index < -0.39 is 0 Å². The summed E-state index contributed by atoms with van der Waals surface area (Å²) in [5.41, 5.74) is 2.32. The first-order valence-corrected chi connectivity index (χ1v) is 7.58. The number of methoxy groups -OCH3 is 2. The molecule has 21 heavy (non-hydrogen) atoms. The molecule has 2 aromatic carbocycles. The molecule has 0 aliphatic carbocycles. The summed E-state index contributed by atoms with van der Waals surface area (Å²) in [6.45, 7) is 1.92. The van der Waals surface area contributed by atoms with Gasteiger partial charge in [-0.25, -0.2) is 4.39 Å². The number of hydrogen-bond donors (Lipinski definition) is 0. The van der Waals surface area contributed by atoms with Crippen LogP contribution in [-0.2, 0) is 0 Å². The highest BCUT2D eigenvalue weighted by Gasteiger charge is 2.19. The van der Waals surface area contributed by atoms with Gasteiger partial charge in [-0.3, -0.25) is 0 Å². The minimum Gasteiger partial charge on any atom is -0.493 e. The zero-order chi connectivity index (χ0) is 15.6. The molecule has 0 saturated heterocycles. The van der Waals surface area contributed by atoms with Crippen molar-refractivity contribution in [2.75, 3.05) is 14.2 Å². The molecule has 0 radical (unpaired) electrons. The third-order valence-corrected chi connectivity index (χ3v) is 4.69. The molecule has 2 aromatic rings. The summed E-state index contributed by atoms with van der Waals surface area (Å²) < 4.78 is 24.6. The van der Waals surface area contributed by atoms with Gasteiger partial charge in [-0.1, -0.05) is 39.7 Å². The fourth-order valence-electron chi connectivity index (χ4n) is 2.01. The number of alkyl halides is 1. The molecule has 0 aromatic heterocycles. The summed E-state index contributed by atoms with van der Waals surface area (Å²) in [4.78, 5) is -0.324. The molecule has 1 atom stereocenters. The average Bonchev–Trinajstić information content (AvgIpc) is 2.49. The number of aryl methyl sites for hydroxylation is 1. The molecule has 0 aliphatic heterocycles. The van der Waals surface area contributed by atoms with Crippen LogP contribution in [0.1, 0.15) is 21.5 Å². The fourth-order valence-corrected chi connectivity index (χ4v) is 2.84. The van der Waals surface area contributed by atoms with E-state index in [1.165, 1.54) is 20.3 Å². The molecule has 0 fully saturated rings. The Balaban J connectivity index is 2.47. The van der Waals surface area contributed by atoms with Crippen molar-refractivity contribution >= 4 is 27.5 Å². The van der Waals surface area contributed by atoms with Gasteiger partial charge in [0, 0.05) is 16.7 Å². The van der Waals surface area contributed by atoms with Gasteiger partial charge in [0.15, 0.2) is 11.5 Å². The first-order valence-electron chi connectivity index (χ1n) is 6.29. The van der Waals surface area contributed by atoms with Gasteiger partial charge < -0.3 is 9.47 Å². The second kappa shape index (κ2) is 6.67. The lowest BCUT2D eigenvalue weighted by Crippen LogP contribution is -2.00. The molecular weight excluding hydrogens is 359 g/mol. The first kappa shape index (κ1) is 16.1. The Morgan fingerprint density at radius 3 is 2.29 bits per heavy atom. The van der Waals surface area contributed by atoms with Crippen molar-refractivity contribution in [2.24, 2.45) is 0 Å². The maximum Gasteiger partial charge on any atom is 0.163 e. The van der Waals surface area contributed by atoms with Crippen LogP contribution >= 0.6 is 27.5 Å². The molecule has 0 aliphatic rings. The van der Waals surface area contributed by atoms with E-state index in [4.69, 9.17) is 21.1 Å². The second-order valence-electron chi connectivity index (χ2n) is 4.60. The molecular formula is C16H15BrClFO2. The lowest BCUT2D eigenvalue weighted by molar-refractivity contribution is 0.351. The van der Waals surface area contributed by atoms with E-state index in [0.717, 1.165) is 11.1 Å². The predicted molar refractivity (Wildman–Crippen MR) is 86.5 cm³/mol. The Kier molecular flexibility index (Phi) is 5.12. The lowest BCUT2D eigenvalue weighted by Gasteiger charge is -2.16. The zero-order valence-electron chi connectivity index (χ0n) is 11.9. The van der Waals surface area contributed by atoms with Crippen LogP contribution in [0.3, 0.4) is 0 Å². The zero-order valence-corrected chi connectivity index (χ0v) is 14.3. The summed E-state index contributed by atoms with van der Waals surface area (Å²) in [5, 5.41) is 0.651. The Morgan fingerprint density at radius 2 is 1.71 bits per heavy atom. The van der Waals surface area contributed by atoms with E-state index in [9.17, 15) is 4.39 Å². The van der Waals surface area contributed by atoms with Crippen molar-refractivity contribution in [3.8, 4) is 11.5 Å². The lowest BCUT2D eigenvalue weighted by atomic mass is 10.0. The number of ether oxygens (including phenoxy) is 2. The van der Waals surface area contributed by atoms with Gasteiger partial charge in [-0.15, -0.1) is 0 Å². The van der Waals surface area contributed by atoms with Crippen LogP contribution in [0.15, 0.2) is 30.3 Å². The monoisotopic (exact) mass is 372 g/mol. The van der Waals surface area contributed by atoms with E-state index in [2.05, 4.69) is 15.9 Å². The Bertz CT molecular complexity index is 661. The molecule has 2 nitrogen and oxygen atoms in total. The van der Waals surface area contributed by atoms with Crippen LogP contribution in [0.5, 0.6) is 11.5 Å². The van der Waals surface area contributed by atoms with Crippen molar-refractivity contribution in [3.05, 3.63) is 57.9 Å². The largest absolute Gasteiger partial charge is 0.493 e. The maximum absolute atomic E-state index is 14.3. The van der Waals surface area contributed by atoms with Gasteiger partial charge in [-0.2, -0.15) is 0 Å². The third-order valence-electron chi connectivity index (χ3n) is 3.26. The highest BCUT2D eigenvalue weighted by atomic mass is 79.9. The molecule has 0 saturated carbocycles. The van der Waals surface area contributed by atoms with Gasteiger partial charge in [0.25, 0.3) is 0 Å². The number of hydrogen-bond acceptors (Lipinski definition) is 2. The van der Waals surface area contributed by atoms with Crippen LogP contribution in [0, 0.1) is 12.7 Å². The summed E-state index contributed by atoms with van der Waals surface area (Å²) >= 11 is 9.65. The van der Waals surface area contributed by atoms with Crippen molar-refractivity contribution in [3.63, 3.8) is 0 Å². The Labute approximate surface area is 137 Å². The minimum absolute atomic E-state index is 0.324. The SMILES string of the molecule is COc1cc(F)c(C(Br)c2ccc(C)c(Cl)c2)cc1OC. The summed E-state index contributed by atoms with van der Waals surface area (Å²) in [7, 11) is 2.99. The molecule has 0 N–H and O–H groups in total. The molecule has 0 amide bonds. The average molecular weight is 374 g/mol. The smallest absolute Gasteiger partial charge is 0.163 e. The Morgan fingerprint density at radius 1 is 1.10 bits per heavy atom. The quantitative estimate of drug-likeness (QED) is 0.678. The normalized spacial score (nSPS) is 12.1. The standard InChI is InChI=1S/C16H15BrClFO2/c1-9-4-5-10(6-12(9)18)16(17)11-7-14(20-2)15(21-3)8-13(11)19/h4-8,16H,1-3H3. The molecule has 0 heterocycles. The highest BCUT2D eigenvalue weighted by molar-refractivity contribution is 9.09. The van der Waals surface area contributed by atoms with Crippen molar-refractivity contribution in [1.82, 2.24) is 0 Å². The van der Waals surface area contributed by atoms with E-state index in [1.54, 1.807) is 6.07 Å². The maximum atomic E-state index is 14.3. The van der Waals surface area contributed by atoms with Crippen molar-refractivity contribution in [1.29, 1.82) is 0 Å². The van der Waals surface area contributed by atoms with Crippen LogP contribution < -0.4 is 9.47 Å². The van der Waals surface area contributed by atoms with Gasteiger partial charge in [-0.05, 0) is 30.2 Å². The summed E-state index contributed by atoms with van der Waals surface area (Å²) in [5.74, 6) is 0.475. The molecule has 2 rings (SSSR count). The van der Waals surface area contributed by atoms with Gasteiger partial charge in [0.2, 0.25) is 0 Å². The van der Waals surface area contributed by atoms with Crippen LogP contribution in [-0.4, -0.2) is 14.2 Å². The van der Waals surface area contributed by atoms with Gasteiger partial charge in [0.1, 0.15) is 5.82 Å².